The molecule has 0 saturated carbocycles. The summed E-state index contributed by atoms with van der Waals surface area (Å²) in [5, 5.41) is 0. The lowest BCUT2D eigenvalue weighted by atomic mass is 9.92. The van der Waals surface area contributed by atoms with Crippen LogP contribution in [0.3, 0.4) is 0 Å². The highest BCUT2D eigenvalue weighted by molar-refractivity contribution is 5.23. The molecule has 1 aromatic heterocycles. The molecule has 0 bridgehead atoms. The van der Waals surface area contributed by atoms with Crippen molar-refractivity contribution >= 4 is 0 Å². The number of pyridine rings is 1. The van der Waals surface area contributed by atoms with E-state index >= 15 is 0 Å². The molecule has 0 aromatic carbocycles. The van der Waals surface area contributed by atoms with E-state index < -0.39 is 0 Å². The molecule has 0 N–H and O–H groups in total. The van der Waals surface area contributed by atoms with Crippen molar-refractivity contribution in [1.29, 1.82) is 0 Å². The predicted molar refractivity (Wildman–Crippen MR) is 62.8 cm³/mol. The van der Waals surface area contributed by atoms with E-state index in [0.29, 0.717) is 6.61 Å². The molecule has 0 spiro atoms. The number of hydrogen-bond donors (Lipinski definition) is 0. The van der Waals surface area contributed by atoms with E-state index in [1.54, 1.807) is 6.20 Å². The summed E-state index contributed by atoms with van der Waals surface area (Å²) in [6.07, 6.45) is 2.97. The summed E-state index contributed by atoms with van der Waals surface area (Å²) in [7, 11) is 0. The number of ether oxygens (including phenoxy) is 2. The lowest BCUT2D eigenvalue weighted by Gasteiger charge is -2.18. The van der Waals surface area contributed by atoms with Crippen LogP contribution in [0.5, 0.6) is 5.75 Å². The van der Waals surface area contributed by atoms with Gasteiger partial charge in [0.1, 0.15) is 11.9 Å². The summed E-state index contributed by atoms with van der Waals surface area (Å²) in [4.78, 5) is 4.43. The van der Waals surface area contributed by atoms with Gasteiger partial charge < -0.3 is 9.47 Å². The zero-order valence-electron chi connectivity index (χ0n) is 10.2. The highest BCUT2D eigenvalue weighted by Crippen LogP contribution is 2.22. The molecule has 88 valence electrons. The average molecular weight is 221 g/mol. The Morgan fingerprint density at radius 3 is 2.69 bits per heavy atom. The molecular weight excluding hydrogens is 202 g/mol. The van der Waals surface area contributed by atoms with Crippen LogP contribution in [0.25, 0.3) is 0 Å². The predicted octanol–water partition coefficient (Wildman–Crippen LogP) is 2.55. The second-order valence-corrected chi connectivity index (χ2v) is 5.23. The van der Waals surface area contributed by atoms with Crippen molar-refractivity contribution in [3.05, 3.63) is 24.0 Å². The maximum absolute atomic E-state index is 5.76. The summed E-state index contributed by atoms with van der Waals surface area (Å²) < 4.78 is 11.0. The van der Waals surface area contributed by atoms with Crippen molar-refractivity contribution in [2.75, 3.05) is 13.2 Å². The second kappa shape index (κ2) is 4.42. The van der Waals surface area contributed by atoms with Crippen molar-refractivity contribution in [2.45, 2.75) is 38.7 Å². The fourth-order valence-electron chi connectivity index (χ4n) is 1.69. The largest absolute Gasteiger partial charge is 0.486 e. The molecule has 3 nitrogen and oxygen atoms in total. The monoisotopic (exact) mass is 221 g/mol. The van der Waals surface area contributed by atoms with E-state index in [2.05, 4.69) is 25.8 Å². The molecule has 1 aliphatic heterocycles. The van der Waals surface area contributed by atoms with Gasteiger partial charge in [-0.25, -0.2) is 0 Å². The Hall–Kier alpha value is -1.09. The summed E-state index contributed by atoms with van der Waals surface area (Å²) >= 11 is 0. The van der Waals surface area contributed by atoms with Gasteiger partial charge in [-0.3, -0.25) is 4.98 Å². The third-order valence-electron chi connectivity index (χ3n) is 2.70. The van der Waals surface area contributed by atoms with Crippen molar-refractivity contribution in [2.24, 2.45) is 0 Å². The summed E-state index contributed by atoms with van der Waals surface area (Å²) in [6.45, 7) is 7.96. The number of hydrogen-bond acceptors (Lipinski definition) is 3. The van der Waals surface area contributed by atoms with E-state index in [4.69, 9.17) is 9.47 Å². The Morgan fingerprint density at radius 1 is 1.38 bits per heavy atom. The van der Waals surface area contributed by atoms with Crippen molar-refractivity contribution in [1.82, 2.24) is 4.98 Å². The Morgan fingerprint density at radius 2 is 2.19 bits per heavy atom. The quantitative estimate of drug-likeness (QED) is 0.769. The maximum Gasteiger partial charge on any atom is 0.138 e. The van der Waals surface area contributed by atoms with Crippen molar-refractivity contribution < 1.29 is 9.47 Å². The zero-order valence-corrected chi connectivity index (χ0v) is 10.2. The van der Waals surface area contributed by atoms with Crippen molar-refractivity contribution in [3.8, 4) is 5.75 Å². The lowest BCUT2D eigenvalue weighted by molar-refractivity contribution is 0.141. The molecule has 1 aliphatic rings. The molecule has 1 fully saturated rings. The van der Waals surface area contributed by atoms with Crippen LogP contribution in [-0.2, 0) is 10.2 Å². The summed E-state index contributed by atoms with van der Waals surface area (Å²) in [5.41, 5.74) is 1.18. The summed E-state index contributed by atoms with van der Waals surface area (Å²) in [6, 6.07) is 4.02. The van der Waals surface area contributed by atoms with Crippen LogP contribution in [-0.4, -0.2) is 24.3 Å². The highest BCUT2D eigenvalue weighted by atomic mass is 16.5. The van der Waals surface area contributed by atoms with Crippen LogP contribution in [0.2, 0.25) is 0 Å². The van der Waals surface area contributed by atoms with E-state index in [-0.39, 0.29) is 11.5 Å². The molecule has 3 heteroatoms. The molecule has 0 unspecified atom stereocenters. The van der Waals surface area contributed by atoms with E-state index in [0.717, 1.165) is 24.5 Å². The van der Waals surface area contributed by atoms with Gasteiger partial charge in [-0.05, 0) is 12.1 Å². The second-order valence-electron chi connectivity index (χ2n) is 5.23. The molecule has 0 aliphatic carbocycles. The first-order valence-corrected chi connectivity index (χ1v) is 5.76. The fraction of sp³-hybridized carbons (Fsp3) is 0.615. The topological polar surface area (TPSA) is 31.4 Å². The first-order valence-electron chi connectivity index (χ1n) is 5.76. The summed E-state index contributed by atoms with van der Waals surface area (Å²) in [5.74, 6) is 0.837. The van der Waals surface area contributed by atoms with Gasteiger partial charge in [0.15, 0.2) is 0 Å². The van der Waals surface area contributed by atoms with E-state index in [9.17, 15) is 0 Å². The Labute approximate surface area is 96.8 Å². The SMILES string of the molecule is CC(C)(C)c1ccc(O[C@H]2CCOC2)cn1. The van der Waals surface area contributed by atoms with Crippen LogP contribution < -0.4 is 4.74 Å². The van der Waals surface area contributed by atoms with Gasteiger partial charge >= 0.3 is 0 Å². The molecule has 0 radical (unpaired) electrons. The van der Waals surface area contributed by atoms with Gasteiger partial charge in [-0.15, -0.1) is 0 Å². The molecular formula is C13H19NO2. The highest BCUT2D eigenvalue weighted by Gasteiger charge is 2.18. The Kier molecular flexibility index (Phi) is 3.15. The average Bonchev–Trinajstić information content (AvgIpc) is 2.70. The fourth-order valence-corrected chi connectivity index (χ4v) is 1.69. The Balaban J connectivity index is 2.01. The van der Waals surface area contributed by atoms with E-state index in [1.165, 1.54) is 0 Å². The maximum atomic E-state index is 5.76. The molecule has 16 heavy (non-hydrogen) atoms. The smallest absolute Gasteiger partial charge is 0.138 e. The first kappa shape index (κ1) is 11.4. The van der Waals surface area contributed by atoms with Gasteiger partial charge in [0.25, 0.3) is 0 Å². The number of rotatable bonds is 2. The van der Waals surface area contributed by atoms with Crippen LogP contribution in [0.4, 0.5) is 0 Å². The molecule has 0 amide bonds. The molecule has 2 rings (SSSR count). The first-order chi connectivity index (χ1) is 7.55. The molecule has 1 saturated heterocycles. The normalized spacial score (nSPS) is 21.1. The van der Waals surface area contributed by atoms with Gasteiger partial charge in [0.05, 0.1) is 19.4 Å². The Bertz CT molecular complexity index is 334. The molecule has 1 atom stereocenters. The number of aromatic nitrogens is 1. The third-order valence-corrected chi connectivity index (χ3v) is 2.70. The van der Waals surface area contributed by atoms with Crippen LogP contribution in [0, 0.1) is 0 Å². The standard InChI is InChI=1S/C13H19NO2/c1-13(2,3)12-5-4-10(8-14-12)16-11-6-7-15-9-11/h4-5,8,11H,6-7,9H2,1-3H3/t11-/m0/s1. The van der Waals surface area contributed by atoms with E-state index in [1.807, 2.05) is 12.1 Å². The van der Waals surface area contributed by atoms with Gasteiger partial charge in [-0.2, -0.15) is 0 Å². The van der Waals surface area contributed by atoms with Gasteiger partial charge in [0.2, 0.25) is 0 Å². The molecule has 1 aromatic rings. The lowest BCUT2D eigenvalue weighted by Crippen LogP contribution is -2.17. The van der Waals surface area contributed by atoms with Crippen LogP contribution in [0.15, 0.2) is 18.3 Å². The minimum atomic E-state index is 0.0923. The number of nitrogens with zero attached hydrogens (tertiary/aromatic N) is 1. The minimum Gasteiger partial charge on any atom is -0.486 e. The van der Waals surface area contributed by atoms with Gasteiger partial charge in [-0.1, -0.05) is 20.8 Å². The zero-order chi connectivity index (χ0) is 11.6. The van der Waals surface area contributed by atoms with Gasteiger partial charge in [0, 0.05) is 17.5 Å². The van der Waals surface area contributed by atoms with Crippen LogP contribution in [0.1, 0.15) is 32.9 Å². The van der Waals surface area contributed by atoms with Crippen LogP contribution >= 0.6 is 0 Å². The minimum absolute atomic E-state index is 0.0923. The van der Waals surface area contributed by atoms with Crippen molar-refractivity contribution in [3.63, 3.8) is 0 Å². The molecule has 2 heterocycles. The third kappa shape index (κ3) is 2.73.